The number of H-pyrrole nitrogens is 1. The van der Waals surface area contributed by atoms with Crippen LogP contribution in [0.25, 0.3) is 0 Å². The smallest absolute Gasteiger partial charge is 0.357 e. The molecule has 1 N–H and O–H groups in total. The highest BCUT2D eigenvalue weighted by atomic mass is 19.1. The molecule has 1 heterocycles. The molecule has 1 saturated carbocycles. The number of ether oxygens (including phenoxy) is 1. The van der Waals surface area contributed by atoms with Gasteiger partial charge in [0, 0.05) is 24.6 Å². The van der Waals surface area contributed by atoms with Crippen molar-refractivity contribution in [2.24, 2.45) is 0 Å². The number of Topliss-reactive ketones (excluding diaryl/α,β-unsaturated/α-hetero) is 1. The second-order valence-electron chi connectivity index (χ2n) is 4.47. The molecule has 0 aromatic carbocycles. The largest absolute Gasteiger partial charge is 0.461 e. The van der Waals surface area contributed by atoms with Crippen LogP contribution in [-0.4, -0.2) is 23.3 Å². The molecule has 0 saturated heterocycles. The van der Waals surface area contributed by atoms with Crippen molar-refractivity contribution in [1.29, 1.82) is 0 Å². The van der Waals surface area contributed by atoms with Crippen molar-refractivity contribution in [1.82, 2.24) is 4.98 Å². The van der Waals surface area contributed by atoms with Crippen LogP contribution in [0.1, 0.15) is 54.6 Å². The third kappa shape index (κ3) is 2.44. The van der Waals surface area contributed by atoms with Crippen LogP contribution < -0.4 is 0 Å². The quantitative estimate of drug-likeness (QED) is 0.842. The number of carbonyl (C=O) groups is 2. The molecule has 1 aromatic heterocycles. The summed E-state index contributed by atoms with van der Waals surface area (Å²) in [5.74, 6) is -0.962. The maximum atomic E-state index is 14.1. The number of rotatable bonds is 3. The lowest BCUT2D eigenvalue weighted by Gasteiger charge is -2.19. The van der Waals surface area contributed by atoms with Crippen molar-refractivity contribution in [2.45, 2.75) is 38.5 Å². The Kier molecular flexibility index (Phi) is 3.79. The van der Waals surface area contributed by atoms with Gasteiger partial charge in [0.1, 0.15) is 5.78 Å². The number of hydrogen-bond acceptors (Lipinski definition) is 3. The minimum atomic E-state index is -0.673. The molecule has 0 bridgehead atoms. The first kappa shape index (κ1) is 12.8. The van der Waals surface area contributed by atoms with E-state index >= 15 is 0 Å². The van der Waals surface area contributed by atoms with E-state index in [0.717, 1.165) is 0 Å². The van der Waals surface area contributed by atoms with E-state index in [0.29, 0.717) is 31.2 Å². The molecule has 0 spiro atoms. The number of ketones is 1. The normalized spacial score (nSPS) is 16.9. The number of aromatic nitrogens is 1. The molecule has 0 atom stereocenters. The minimum absolute atomic E-state index is 0.0159. The van der Waals surface area contributed by atoms with Gasteiger partial charge in [-0.1, -0.05) is 0 Å². The zero-order chi connectivity index (χ0) is 13.1. The highest BCUT2D eigenvalue weighted by Gasteiger charge is 2.27. The van der Waals surface area contributed by atoms with Crippen LogP contribution >= 0.6 is 0 Å². The second kappa shape index (κ2) is 5.33. The molecule has 1 aliphatic rings. The molecule has 5 heteroatoms. The van der Waals surface area contributed by atoms with Gasteiger partial charge in [0.05, 0.1) is 6.61 Å². The van der Waals surface area contributed by atoms with Crippen LogP contribution in [0, 0.1) is 5.82 Å². The summed E-state index contributed by atoms with van der Waals surface area (Å²) in [6.07, 6.45) is 3.79. The molecule has 0 amide bonds. The van der Waals surface area contributed by atoms with Crippen LogP contribution in [-0.2, 0) is 9.53 Å². The van der Waals surface area contributed by atoms with E-state index in [4.69, 9.17) is 4.74 Å². The minimum Gasteiger partial charge on any atom is -0.461 e. The molecule has 18 heavy (non-hydrogen) atoms. The summed E-state index contributed by atoms with van der Waals surface area (Å²) >= 11 is 0. The van der Waals surface area contributed by atoms with Crippen molar-refractivity contribution < 1.29 is 18.7 Å². The van der Waals surface area contributed by atoms with Crippen molar-refractivity contribution in [3.63, 3.8) is 0 Å². The van der Waals surface area contributed by atoms with E-state index in [1.54, 1.807) is 6.92 Å². The van der Waals surface area contributed by atoms with Gasteiger partial charge in [-0.15, -0.1) is 0 Å². The highest BCUT2D eigenvalue weighted by Crippen LogP contribution is 2.33. The monoisotopic (exact) mass is 253 g/mol. The number of halogens is 1. The zero-order valence-corrected chi connectivity index (χ0v) is 10.3. The first-order chi connectivity index (χ1) is 8.63. The number of esters is 1. The second-order valence-corrected chi connectivity index (χ2v) is 4.47. The molecule has 2 rings (SSSR count). The van der Waals surface area contributed by atoms with E-state index in [2.05, 4.69) is 4.98 Å². The summed E-state index contributed by atoms with van der Waals surface area (Å²) in [6.45, 7) is 1.89. The average molecular weight is 253 g/mol. The number of carbonyl (C=O) groups excluding carboxylic acids is 2. The third-order valence-corrected chi connectivity index (χ3v) is 3.31. The number of aromatic amines is 1. The standard InChI is InChI=1S/C13H16FNO3/c1-2-18-13(17)12-11(14)10(7-15-12)8-3-5-9(16)6-4-8/h7-8,15H,2-6H2,1H3. The molecule has 0 radical (unpaired) electrons. The Balaban J connectivity index is 2.15. The van der Waals surface area contributed by atoms with Crippen LogP contribution in [0.4, 0.5) is 4.39 Å². The van der Waals surface area contributed by atoms with E-state index in [1.807, 2.05) is 0 Å². The Morgan fingerprint density at radius 1 is 1.50 bits per heavy atom. The van der Waals surface area contributed by atoms with Gasteiger partial charge in [-0.25, -0.2) is 9.18 Å². The summed E-state index contributed by atoms with van der Waals surface area (Å²) in [5, 5.41) is 0. The molecule has 0 aliphatic heterocycles. The number of hydrogen-bond donors (Lipinski definition) is 1. The Labute approximate surface area is 105 Å². The molecular formula is C13H16FNO3. The van der Waals surface area contributed by atoms with Crippen LogP contribution in [0.2, 0.25) is 0 Å². The maximum Gasteiger partial charge on any atom is 0.357 e. The predicted molar refractivity (Wildman–Crippen MR) is 62.9 cm³/mol. The van der Waals surface area contributed by atoms with E-state index in [-0.39, 0.29) is 24.0 Å². The van der Waals surface area contributed by atoms with Gasteiger partial charge < -0.3 is 9.72 Å². The Morgan fingerprint density at radius 3 is 2.78 bits per heavy atom. The molecular weight excluding hydrogens is 237 g/mol. The topological polar surface area (TPSA) is 59.2 Å². The molecule has 1 fully saturated rings. The maximum absolute atomic E-state index is 14.1. The lowest BCUT2D eigenvalue weighted by Crippen LogP contribution is -2.13. The summed E-state index contributed by atoms with van der Waals surface area (Å²) in [7, 11) is 0. The summed E-state index contributed by atoms with van der Waals surface area (Å²) < 4.78 is 18.8. The van der Waals surface area contributed by atoms with Gasteiger partial charge in [-0.2, -0.15) is 0 Å². The van der Waals surface area contributed by atoms with Gasteiger partial charge in [0.25, 0.3) is 0 Å². The fourth-order valence-electron chi connectivity index (χ4n) is 2.32. The van der Waals surface area contributed by atoms with Crippen LogP contribution in [0.15, 0.2) is 6.20 Å². The van der Waals surface area contributed by atoms with Gasteiger partial charge in [0.2, 0.25) is 0 Å². The van der Waals surface area contributed by atoms with Crippen molar-refractivity contribution in [3.05, 3.63) is 23.3 Å². The SMILES string of the molecule is CCOC(=O)c1[nH]cc(C2CCC(=O)CC2)c1F. The molecule has 4 nitrogen and oxygen atoms in total. The first-order valence-corrected chi connectivity index (χ1v) is 6.19. The highest BCUT2D eigenvalue weighted by molar-refractivity contribution is 5.88. The van der Waals surface area contributed by atoms with Gasteiger partial charge in [-0.05, 0) is 25.7 Å². The van der Waals surface area contributed by atoms with Crippen molar-refractivity contribution in [2.75, 3.05) is 6.61 Å². The first-order valence-electron chi connectivity index (χ1n) is 6.19. The van der Waals surface area contributed by atoms with E-state index in [1.165, 1.54) is 6.20 Å². The van der Waals surface area contributed by atoms with Crippen molar-refractivity contribution in [3.8, 4) is 0 Å². The predicted octanol–water partition coefficient (Wildman–Crippen LogP) is 2.56. The van der Waals surface area contributed by atoms with Gasteiger partial charge >= 0.3 is 5.97 Å². The molecule has 1 aliphatic carbocycles. The summed E-state index contributed by atoms with van der Waals surface area (Å²) in [4.78, 5) is 25.2. The Bertz CT molecular complexity index is 457. The summed E-state index contributed by atoms with van der Waals surface area (Å²) in [5.41, 5.74) is 0.370. The Hall–Kier alpha value is -1.65. The zero-order valence-electron chi connectivity index (χ0n) is 10.3. The number of nitrogens with one attached hydrogen (secondary N) is 1. The average Bonchev–Trinajstić information content (AvgIpc) is 2.73. The lowest BCUT2D eigenvalue weighted by molar-refractivity contribution is -0.120. The van der Waals surface area contributed by atoms with E-state index in [9.17, 15) is 14.0 Å². The van der Waals surface area contributed by atoms with Gasteiger partial charge in [0.15, 0.2) is 11.5 Å². The molecule has 0 unspecified atom stereocenters. The fraction of sp³-hybridized carbons (Fsp3) is 0.538. The van der Waals surface area contributed by atoms with Crippen LogP contribution in [0.5, 0.6) is 0 Å². The lowest BCUT2D eigenvalue weighted by atomic mass is 9.84. The molecule has 1 aromatic rings. The van der Waals surface area contributed by atoms with Crippen molar-refractivity contribution >= 4 is 11.8 Å². The Morgan fingerprint density at radius 2 is 2.17 bits per heavy atom. The summed E-state index contributed by atoms with van der Waals surface area (Å²) in [6, 6.07) is 0. The van der Waals surface area contributed by atoms with Gasteiger partial charge in [-0.3, -0.25) is 4.79 Å². The third-order valence-electron chi connectivity index (χ3n) is 3.31. The van der Waals surface area contributed by atoms with E-state index < -0.39 is 11.8 Å². The molecule has 98 valence electrons. The van der Waals surface area contributed by atoms with Crippen LogP contribution in [0.3, 0.4) is 0 Å². The fourth-order valence-corrected chi connectivity index (χ4v) is 2.32.